The highest BCUT2D eigenvalue weighted by molar-refractivity contribution is 6.35. The average Bonchev–Trinajstić information content (AvgIpc) is 2.98. The van der Waals surface area contributed by atoms with Gasteiger partial charge in [0.25, 0.3) is 0 Å². The number of para-hydroxylation sites is 1. The SMILES string of the molecule is N#CC1=C(N)Oc2c(Cl)cc(Cl)cc2[C@@H]1c1c[nH]c2ccccc12. The average molecular weight is 356 g/mol. The number of ether oxygens (including phenoxy) is 1. The molecule has 0 fully saturated rings. The predicted molar refractivity (Wildman–Crippen MR) is 94.1 cm³/mol. The standard InChI is InChI=1S/C18H11Cl2N3O/c19-9-5-11-16(13-8-23-15-4-2-1-3-10(13)15)12(7-21)18(22)24-17(11)14(20)6-9/h1-6,8,16,23H,22H2/t16-/m0/s1. The van der Waals surface area contributed by atoms with Crippen LogP contribution in [0, 0.1) is 11.3 Å². The number of hydrogen-bond donors (Lipinski definition) is 2. The maximum Gasteiger partial charge on any atom is 0.205 e. The quantitative estimate of drug-likeness (QED) is 0.664. The number of rotatable bonds is 1. The Morgan fingerprint density at radius 3 is 2.75 bits per heavy atom. The van der Waals surface area contributed by atoms with Crippen LogP contribution in [0.15, 0.2) is 54.1 Å². The Morgan fingerprint density at radius 2 is 1.96 bits per heavy atom. The summed E-state index contributed by atoms with van der Waals surface area (Å²) >= 11 is 12.4. The van der Waals surface area contributed by atoms with E-state index in [1.165, 1.54) is 0 Å². The van der Waals surface area contributed by atoms with Crippen molar-refractivity contribution in [1.82, 2.24) is 4.98 Å². The van der Waals surface area contributed by atoms with Crippen LogP contribution in [-0.2, 0) is 0 Å². The Bertz CT molecular complexity index is 1050. The molecule has 3 N–H and O–H groups in total. The summed E-state index contributed by atoms with van der Waals surface area (Å²) < 4.78 is 5.60. The van der Waals surface area contributed by atoms with Crippen LogP contribution < -0.4 is 10.5 Å². The van der Waals surface area contributed by atoms with Gasteiger partial charge in [-0.05, 0) is 23.8 Å². The first-order valence-electron chi connectivity index (χ1n) is 7.22. The minimum Gasteiger partial charge on any atom is -0.439 e. The van der Waals surface area contributed by atoms with Gasteiger partial charge in [-0.3, -0.25) is 0 Å². The fourth-order valence-electron chi connectivity index (χ4n) is 3.14. The zero-order valence-electron chi connectivity index (χ0n) is 12.3. The number of aromatic amines is 1. The molecule has 0 saturated carbocycles. The van der Waals surface area contributed by atoms with Crippen LogP contribution >= 0.6 is 23.2 Å². The zero-order valence-corrected chi connectivity index (χ0v) is 13.8. The first kappa shape index (κ1) is 14.9. The van der Waals surface area contributed by atoms with Crippen LogP contribution in [0.3, 0.4) is 0 Å². The zero-order chi connectivity index (χ0) is 16.8. The lowest BCUT2D eigenvalue weighted by molar-refractivity contribution is 0.394. The number of allylic oxidation sites excluding steroid dienone is 1. The number of hydrogen-bond acceptors (Lipinski definition) is 3. The molecule has 1 atom stereocenters. The van der Waals surface area contributed by atoms with Gasteiger partial charge in [0.2, 0.25) is 5.88 Å². The first-order valence-corrected chi connectivity index (χ1v) is 7.98. The monoisotopic (exact) mass is 355 g/mol. The van der Waals surface area contributed by atoms with E-state index in [1.807, 2.05) is 30.5 Å². The van der Waals surface area contributed by atoms with Gasteiger partial charge in [0.1, 0.15) is 11.6 Å². The van der Waals surface area contributed by atoms with Gasteiger partial charge in [0, 0.05) is 27.7 Å². The van der Waals surface area contributed by atoms with Gasteiger partial charge in [0.05, 0.1) is 10.9 Å². The van der Waals surface area contributed by atoms with Crippen molar-refractivity contribution in [3.8, 4) is 11.8 Å². The lowest BCUT2D eigenvalue weighted by Crippen LogP contribution is -2.21. The molecule has 0 spiro atoms. The second-order valence-electron chi connectivity index (χ2n) is 5.52. The topological polar surface area (TPSA) is 74.8 Å². The highest BCUT2D eigenvalue weighted by Gasteiger charge is 2.33. The molecule has 0 radical (unpaired) electrons. The molecule has 0 saturated heterocycles. The molecule has 6 heteroatoms. The predicted octanol–water partition coefficient (Wildman–Crippen LogP) is 4.69. The summed E-state index contributed by atoms with van der Waals surface area (Å²) in [5.74, 6) is 0.100. The Hall–Kier alpha value is -2.61. The smallest absolute Gasteiger partial charge is 0.205 e. The molecule has 1 aliphatic heterocycles. The highest BCUT2D eigenvalue weighted by atomic mass is 35.5. The van der Waals surface area contributed by atoms with Crippen LogP contribution in [0.2, 0.25) is 10.0 Å². The third-order valence-corrected chi connectivity index (χ3v) is 4.67. The van der Waals surface area contributed by atoms with E-state index in [0.29, 0.717) is 21.4 Å². The number of aromatic nitrogens is 1. The van der Waals surface area contributed by atoms with Crippen molar-refractivity contribution in [3.63, 3.8) is 0 Å². The van der Waals surface area contributed by atoms with Gasteiger partial charge in [-0.2, -0.15) is 5.26 Å². The summed E-state index contributed by atoms with van der Waals surface area (Å²) in [5, 5.41) is 11.5. The number of halogens is 2. The van der Waals surface area contributed by atoms with Gasteiger partial charge in [-0.15, -0.1) is 0 Å². The van der Waals surface area contributed by atoms with Gasteiger partial charge < -0.3 is 15.5 Å². The summed E-state index contributed by atoms with van der Waals surface area (Å²) in [6.45, 7) is 0. The minimum absolute atomic E-state index is 0.0597. The molecule has 118 valence electrons. The molecule has 1 aromatic heterocycles. The number of benzene rings is 2. The molecule has 4 nitrogen and oxygen atoms in total. The van der Waals surface area contributed by atoms with Crippen molar-refractivity contribution in [2.45, 2.75) is 5.92 Å². The maximum atomic E-state index is 9.62. The lowest BCUT2D eigenvalue weighted by Gasteiger charge is -2.27. The first-order chi connectivity index (χ1) is 11.6. The molecule has 24 heavy (non-hydrogen) atoms. The van der Waals surface area contributed by atoms with Gasteiger partial charge >= 0.3 is 0 Å². The molecule has 2 aromatic carbocycles. The number of nitrogens with zero attached hydrogens (tertiary/aromatic N) is 1. The highest BCUT2D eigenvalue weighted by Crippen LogP contribution is 2.47. The molecule has 0 bridgehead atoms. The maximum absolute atomic E-state index is 9.62. The van der Waals surface area contributed by atoms with Gasteiger partial charge in [-0.25, -0.2) is 0 Å². The normalized spacial score (nSPS) is 16.6. The summed E-state index contributed by atoms with van der Waals surface area (Å²) in [7, 11) is 0. The fourth-order valence-corrected chi connectivity index (χ4v) is 3.69. The van der Waals surface area contributed by atoms with E-state index in [9.17, 15) is 5.26 Å². The lowest BCUT2D eigenvalue weighted by atomic mass is 9.83. The van der Waals surface area contributed by atoms with E-state index in [-0.39, 0.29) is 5.88 Å². The molecular weight excluding hydrogens is 345 g/mol. The summed E-state index contributed by atoms with van der Waals surface area (Å²) in [6.07, 6.45) is 1.88. The van der Waals surface area contributed by atoms with E-state index in [0.717, 1.165) is 22.0 Å². The largest absolute Gasteiger partial charge is 0.439 e. The van der Waals surface area contributed by atoms with Crippen LogP contribution in [-0.4, -0.2) is 4.98 Å². The van der Waals surface area contributed by atoms with Crippen molar-refractivity contribution < 1.29 is 4.74 Å². The van der Waals surface area contributed by atoms with Crippen molar-refractivity contribution in [2.24, 2.45) is 5.73 Å². The Balaban J connectivity index is 2.05. The number of fused-ring (bicyclic) bond motifs is 2. The molecular formula is C18H11Cl2N3O. The third-order valence-electron chi connectivity index (χ3n) is 4.17. The van der Waals surface area contributed by atoms with E-state index in [2.05, 4.69) is 11.1 Å². The number of H-pyrrole nitrogens is 1. The summed E-state index contributed by atoms with van der Waals surface area (Å²) in [5.41, 5.74) is 8.95. The van der Waals surface area contributed by atoms with Crippen LogP contribution in [0.25, 0.3) is 10.9 Å². The fraction of sp³-hybridized carbons (Fsp3) is 0.0556. The Kier molecular flexibility index (Phi) is 3.42. The molecule has 3 aromatic rings. The van der Waals surface area contributed by atoms with Crippen molar-refractivity contribution in [1.29, 1.82) is 5.26 Å². The second kappa shape index (κ2) is 5.48. The van der Waals surface area contributed by atoms with E-state index in [1.54, 1.807) is 12.1 Å². The van der Waals surface area contributed by atoms with Crippen LogP contribution in [0.4, 0.5) is 0 Å². The second-order valence-corrected chi connectivity index (χ2v) is 6.36. The summed E-state index contributed by atoms with van der Waals surface area (Å²) in [6, 6.07) is 13.4. The molecule has 0 amide bonds. The molecule has 2 heterocycles. The van der Waals surface area contributed by atoms with Crippen molar-refractivity contribution >= 4 is 34.1 Å². The third kappa shape index (κ3) is 2.14. The molecule has 4 rings (SSSR count). The number of nitrogens with two attached hydrogens (primary N) is 1. The molecule has 0 aliphatic carbocycles. The Labute approximate surface area is 148 Å². The molecule has 1 aliphatic rings. The Morgan fingerprint density at radius 1 is 1.17 bits per heavy atom. The van der Waals surface area contributed by atoms with E-state index >= 15 is 0 Å². The van der Waals surface area contributed by atoms with Gasteiger partial charge in [-0.1, -0.05) is 41.4 Å². The summed E-state index contributed by atoms with van der Waals surface area (Å²) in [4.78, 5) is 3.23. The van der Waals surface area contributed by atoms with E-state index < -0.39 is 5.92 Å². The van der Waals surface area contributed by atoms with Gasteiger partial charge in [0.15, 0.2) is 5.75 Å². The van der Waals surface area contributed by atoms with Crippen LogP contribution in [0.5, 0.6) is 5.75 Å². The van der Waals surface area contributed by atoms with E-state index in [4.69, 9.17) is 33.7 Å². The number of nitriles is 1. The van der Waals surface area contributed by atoms with Crippen LogP contribution in [0.1, 0.15) is 17.0 Å². The number of nitrogens with one attached hydrogen (secondary N) is 1. The van der Waals surface area contributed by atoms with Crippen molar-refractivity contribution in [3.05, 3.63) is 75.2 Å². The van der Waals surface area contributed by atoms with Crippen molar-refractivity contribution in [2.75, 3.05) is 0 Å². The molecule has 0 unspecified atom stereocenters. The minimum atomic E-state index is -0.397.